The van der Waals surface area contributed by atoms with Crippen LogP contribution in [0, 0.1) is 11.8 Å². The monoisotopic (exact) mass is 260 g/mol. The molecule has 0 rings (SSSR count). The summed E-state index contributed by atoms with van der Waals surface area (Å²) in [6.45, 7) is 4.77. The Morgan fingerprint density at radius 1 is 1.33 bits per heavy atom. The number of rotatable bonds is 9. The lowest BCUT2D eigenvalue weighted by Gasteiger charge is -2.16. The number of nitrogens with one attached hydrogen (secondary N) is 1. The Kier molecular flexibility index (Phi) is 8.32. The third-order valence-electron chi connectivity index (χ3n) is 2.64. The molecule has 18 heavy (non-hydrogen) atoms. The van der Waals surface area contributed by atoms with Gasteiger partial charge in [0, 0.05) is 19.4 Å². The molecule has 106 valence electrons. The molecule has 0 saturated carbocycles. The van der Waals surface area contributed by atoms with E-state index in [1.54, 1.807) is 0 Å². The van der Waals surface area contributed by atoms with Crippen molar-refractivity contribution in [3.8, 4) is 0 Å². The van der Waals surface area contributed by atoms with Crippen molar-refractivity contribution in [3.05, 3.63) is 0 Å². The molecule has 0 aliphatic carbocycles. The molecule has 0 spiro atoms. The summed E-state index contributed by atoms with van der Waals surface area (Å²) in [5.41, 5.74) is 5.59. The predicted molar refractivity (Wildman–Crippen MR) is 67.9 cm³/mol. The van der Waals surface area contributed by atoms with Crippen molar-refractivity contribution in [2.24, 2.45) is 17.6 Å². The van der Waals surface area contributed by atoms with Gasteiger partial charge in [0.25, 0.3) is 0 Å². The molecule has 0 aromatic rings. The first-order valence-corrected chi connectivity index (χ1v) is 6.24. The maximum Gasteiger partial charge on any atom is 0.332 e. The average Bonchev–Trinajstić information content (AvgIpc) is 2.27. The fourth-order valence-corrected chi connectivity index (χ4v) is 1.74. The molecular weight excluding hydrogens is 236 g/mol. The maximum absolute atomic E-state index is 11.5. The quantitative estimate of drug-likeness (QED) is 0.464. The van der Waals surface area contributed by atoms with E-state index in [1.165, 1.54) is 0 Å². The van der Waals surface area contributed by atoms with Gasteiger partial charge < -0.3 is 21.3 Å². The van der Waals surface area contributed by atoms with E-state index < -0.39 is 12.1 Å². The standard InChI is InChI=1S/C12H24N2O4/c1-8(2)5-9(7-13)6-11(16)14-4-3-10(15)12(17)18/h8-10,15H,3-7,13H2,1-2H3,(H,14,16)(H,17,18). The lowest BCUT2D eigenvalue weighted by atomic mass is 9.94. The summed E-state index contributed by atoms with van der Waals surface area (Å²) in [6.07, 6.45) is -0.177. The molecule has 6 heteroatoms. The number of carboxylic acids is 1. The molecule has 0 aliphatic rings. The van der Waals surface area contributed by atoms with Gasteiger partial charge in [0.15, 0.2) is 6.10 Å². The zero-order chi connectivity index (χ0) is 14.1. The molecule has 2 atom stereocenters. The van der Waals surface area contributed by atoms with Gasteiger partial charge in [-0.05, 0) is 24.8 Å². The number of aliphatic hydroxyl groups is 1. The zero-order valence-corrected chi connectivity index (χ0v) is 11.1. The van der Waals surface area contributed by atoms with Gasteiger partial charge in [-0.1, -0.05) is 13.8 Å². The van der Waals surface area contributed by atoms with Crippen LogP contribution in [-0.4, -0.2) is 41.3 Å². The second kappa shape index (κ2) is 8.88. The largest absolute Gasteiger partial charge is 0.479 e. The summed E-state index contributed by atoms with van der Waals surface area (Å²) in [7, 11) is 0. The van der Waals surface area contributed by atoms with Crippen LogP contribution in [0.15, 0.2) is 0 Å². The lowest BCUT2D eigenvalue weighted by Crippen LogP contribution is -2.32. The molecular formula is C12H24N2O4. The van der Waals surface area contributed by atoms with Gasteiger partial charge in [0.1, 0.15) is 0 Å². The van der Waals surface area contributed by atoms with Gasteiger partial charge >= 0.3 is 5.97 Å². The molecule has 1 amide bonds. The van der Waals surface area contributed by atoms with E-state index in [-0.39, 0.29) is 24.8 Å². The van der Waals surface area contributed by atoms with Crippen LogP contribution in [-0.2, 0) is 9.59 Å². The average molecular weight is 260 g/mol. The third-order valence-corrected chi connectivity index (χ3v) is 2.64. The van der Waals surface area contributed by atoms with Crippen molar-refractivity contribution >= 4 is 11.9 Å². The van der Waals surface area contributed by atoms with Crippen molar-refractivity contribution < 1.29 is 19.8 Å². The molecule has 0 aromatic carbocycles. The zero-order valence-electron chi connectivity index (χ0n) is 11.1. The number of aliphatic carboxylic acids is 1. The number of carbonyl (C=O) groups is 2. The van der Waals surface area contributed by atoms with Crippen LogP contribution in [0.4, 0.5) is 0 Å². The first-order valence-electron chi connectivity index (χ1n) is 6.24. The highest BCUT2D eigenvalue weighted by Crippen LogP contribution is 2.13. The third kappa shape index (κ3) is 8.03. The van der Waals surface area contributed by atoms with Crippen LogP contribution in [0.3, 0.4) is 0 Å². The number of nitrogens with two attached hydrogens (primary N) is 1. The normalized spacial score (nSPS) is 14.3. The number of hydrogen-bond acceptors (Lipinski definition) is 4. The van der Waals surface area contributed by atoms with Crippen molar-refractivity contribution in [2.45, 2.75) is 39.2 Å². The van der Waals surface area contributed by atoms with Gasteiger partial charge in [-0.2, -0.15) is 0 Å². The minimum Gasteiger partial charge on any atom is -0.479 e. The molecule has 0 heterocycles. The van der Waals surface area contributed by atoms with Crippen LogP contribution < -0.4 is 11.1 Å². The summed E-state index contributed by atoms with van der Waals surface area (Å²) < 4.78 is 0. The molecule has 0 fully saturated rings. The SMILES string of the molecule is CC(C)CC(CN)CC(=O)NCCC(O)C(=O)O. The molecule has 5 N–H and O–H groups in total. The first-order chi connectivity index (χ1) is 8.36. The van der Waals surface area contributed by atoms with Crippen LogP contribution >= 0.6 is 0 Å². The predicted octanol–water partition coefficient (Wildman–Crippen LogP) is -0.0507. The van der Waals surface area contributed by atoms with Gasteiger partial charge in [0.2, 0.25) is 5.91 Å². The first kappa shape index (κ1) is 16.9. The Balaban J connectivity index is 3.85. The topological polar surface area (TPSA) is 113 Å². The van der Waals surface area contributed by atoms with E-state index in [0.29, 0.717) is 18.9 Å². The Labute approximate surface area is 108 Å². The van der Waals surface area contributed by atoms with E-state index in [1.807, 2.05) is 0 Å². The highest BCUT2D eigenvalue weighted by Gasteiger charge is 2.15. The van der Waals surface area contributed by atoms with Gasteiger partial charge in [-0.3, -0.25) is 4.79 Å². The van der Waals surface area contributed by atoms with Gasteiger partial charge in [-0.25, -0.2) is 4.79 Å². The Morgan fingerprint density at radius 2 is 1.94 bits per heavy atom. The molecule has 6 nitrogen and oxygen atoms in total. The summed E-state index contributed by atoms with van der Waals surface area (Å²) in [6, 6.07) is 0. The fraction of sp³-hybridized carbons (Fsp3) is 0.833. The van der Waals surface area contributed by atoms with Crippen LogP contribution in [0.2, 0.25) is 0 Å². The summed E-state index contributed by atoms with van der Waals surface area (Å²) >= 11 is 0. The van der Waals surface area contributed by atoms with E-state index >= 15 is 0 Å². The van der Waals surface area contributed by atoms with Crippen LogP contribution in [0.5, 0.6) is 0 Å². The van der Waals surface area contributed by atoms with E-state index in [4.69, 9.17) is 15.9 Å². The number of hydrogen-bond donors (Lipinski definition) is 4. The Morgan fingerprint density at radius 3 is 2.39 bits per heavy atom. The number of carbonyl (C=O) groups excluding carboxylic acids is 1. The molecule has 0 aromatic heterocycles. The van der Waals surface area contributed by atoms with Crippen molar-refractivity contribution in [3.63, 3.8) is 0 Å². The van der Waals surface area contributed by atoms with Crippen LogP contribution in [0.25, 0.3) is 0 Å². The highest BCUT2D eigenvalue weighted by molar-refractivity contribution is 5.76. The van der Waals surface area contributed by atoms with Crippen molar-refractivity contribution in [1.82, 2.24) is 5.32 Å². The van der Waals surface area contributed by atoms with Crippen molar-refractivity contribution in [2.75, 3.05) is 13.1 Å². The molecule has 0 saturated heterocycles. The summed E-state index contributed by atoms with van der Waals surface area (Å²) in [5, 5.41) is 20.1. The second-order valence-corrected chi connectivity index (χ2v) is 4.93. The number of aliphatic hydroxyl groups excluding tert-OH is 1. The Hall–Kier alpha value is -1.14. The molecule has 0 radical (unpaired) electrons. The lowest BCUT2D eigenvalue weighted by molar-refractivity contribution is -0.147. The highest BCUT2D eigenvalue weighted by atomic mass is 16.4. The van der Waals surface area contributed by atoms with Gasteiger partial charge in [0.05, 0.1) is 0 Å². The smallest absolute Gasteiger partial charge is 0.332 e. The second-order valence-electron chi connectivity index (χ2n) is 4.93. The fourth-order valence-electron chi connectivity index (χ4n) is 1.74. The summed E-state index contributed by atoms with van der Waals surface area (Å²) in [5.74, 6) is -0.790. The van der Waals surface area contributed by atoms with Gasteiger partial charge in [-0.15, -0.1) is 0 Å². The Bertz CT molecular complexity index is 269. The minimum absolute atomic E-state index is 0.0124. The van der Waals surface area contributed by atoms with E-state index in [9.17, 15) is 9.59 Å². The molecule has 2 unspecified atom stereocenters. The number of amides is 1. The number of carboxylic acid groups (broad SMARTS) is 1. The van der Waals surface area contributed by atoms with E-state index in [2.05, 4.69) is 19.2 Å². The molecule has 0 aliphatic heterocycles. The summed E-state index contributed by atoms with van der Waals surface area (Å²) in [4.78, 5) is 21.9. The van der Waals surface area contributed by atoms with E-state index in [0.717, 1.165) is 6.42 Å². The van der Waals surface area contributed by atoms with Crippen LogP contribution in [0.1, 0.15) is 33.1 Å². The maximum atomic E-state index is 11.5. The minimum atomic E-state index is -1.42. The van der Waals surface area contributed by atoms with Crippen molar-refractivity contribution in [1.29, 1.82) is 0 Å². The molecule has 0 bridgehead atoms.